The Morgan fingerprint density at radius 2 is 2.07 bits per heavy atom. The Bertz CT molecular complexity index is 586. The second-order valence-electron chi connectivity index (χ2n) is 9.95. The van der Waals surface area contributed by atoms with Gasteiger partial charge in [0.2, 0.25) is 0 Å². The molecule has 0 spiro atoms. The third-order valence-electron chi connectivity index (χ3n) is 7.46. The van der Waals surface area contributed by atoms with E-state index in [9.17, 15) is 15.0 Å². The number of ether oxygens (including phenoxy) is 2. The van der Waals surface area contributed by atoms with Gasteiger partial charge in [0.25, 0.3) is 0 Å². The fourth-order valence-corrected chi connectivity index (χ4v) is 5.70. The van der Waals surface area contributed by atoms with Crippen LogP contribution >= 0.6 is 0 Å². The van der Waals surface area contributed by atoms with Gasteiger partial charge in [-0.15, -0.1) is 0 Å². The normalized spacial score (nSPS) is 43.4. The molecule has 5 nitrogen and oxygen atoms in total. The summed E-state index contributed by atoms with van der Waals surface area (Å²) in [7, 11) is 0. The molecule has 3 rings (SSSR count). The zero-order valence-corrected chi connectivity index (χ0v) is 18.5. The van der Waals surface area contributed by atoms with Crippen molar-refractivity contribution in [2.24, 2.45) is 29.6 Å². The van der Waals surface area contributed by atoms with Crippen LogP contribution < -0.4 is 0 Å². The molecule has 2 fully saturated rings. The Balaban J connectivity index is 1.68. The van der Waals surface area contributed by atoms with Gasteiger partial charge in [0.15, 0.2) is 5.79 Å². The molecule has 166 valence electrons. The van der Waals surface area contributed by atoms with Crippen molar-refractivity contribution in [1.29, 1.82) is 0 Å². The van der Waals surface area contributed by atoms with E-state index in [4.69, 9.17) is 9.47 Å². The van der Waals surface area contributed by atoms with Crippen molar-refractivity contribution in [3.05, 3.63) is 12.2 Å². The standard InChI is InChI=1S/C24H40O5/c1-5-15(2)23(26)28-21-8-6-7-17-10-9-16(3)20(22(17)21)12-11-19-13-18(25)14-24(4,27)29-19/h9-10,15-22,25,27H,5-8,11-14H2,1-4H3. The molecule has 0 aromatic carbocycles. The lowest BCUT2D eigenvalue weighted by Gasteiger charge is -2.46. The van der Waals surface area contributed by atoms with Crippen LogP contribution in [0.2, 0.25) is 0 Å². The van der Waals surface area contributed by atoms with Crippen LogP contribution in [0.1, 0.15) is 79.1 Å². The van der Waals surface area contributed by atoms with Crippen LogP contribution in [-0.2, 0) is 14.3 Å². The number of fused-ring (bicyclic) bond motifs is 1. The van der Waals surface area contributed by atoms with Crippen LogP contribution in [0.5, 0.6) is 0 Å². The number of hydrogen-bond donors (Lipinski definition) is 2. The van der Waals surface area contributed by atoms with E-state index in [0.717, 1.165) is 38.5 Å². The van der Waals surface area contributed by atoms with Gasteiger partial charge in [-0.1, -0.05) is 32.9 Å². The van der Waals surface area contributed by atoms with Gasteiger partial charge in [-0.05, 0) is 69.6 Å². The molecule has 5 heteroatoms. The maximum absolute atomic E-state index is 12.5. The van der Waals surface area contributed by atoms with Crippen LogP contribution in [-0.4, -0.2) is 40.3 Å². The van der Waals surface area contributed by atoms with Crippen molar-refractivity contribution in [2.75, 3.05) is 0 Å². The minimum Gasteiger partial charge on any atom is -0.462 e. The van der Waals surface area contributed by atoms with Crippen molar-refractivity contribution >= 4 is 5.97 Å². The largest absolute Gasteiger partial charge is 0.462 e. The number of carbonyl (C=O) groups excluding carboxylic acids is 1. The minimum absolute atomic E-state index is 0.00591. The van der Waals surface area contributed by atoms with Gasteiger partial charge >= 0.3 is 5.97 Å². The quantitative estimate of drug-likeness (QED) is 0.509. The van der Waals surface area contributed by atoms with Gasteiger partial charge in [0.1, 0.15) is 6.10 Å². The zero-order chi connectivity index (χ0) is 21.2. The van der Waals surface area contributed by atoms with E-state index in [1.54, 1.807) is 6.92 Å². The highest BCUT2D eigenvalue weighted by Gasteiger charge is 2.44. The molecule has 29 heavy (non-hydrogen) atoms. The highest BCUT2D eigenvalue weighted by molar-refractivity contribution is 5.72. The monoisotopic (exact) mass is 408 g/mol. The number of carbonyl (C=O) groups is 1. The van der Waals surface area contributed by atoms with Crippen LogP contribution in [0.3, 0.4) is 0 Å². The van der Waals surface area contributed by atoms with Crippen molar-refractivity contribution < 1.29 is 24.5 Å². The minimum atomic E-state index is -1.25. The van der Waals surface area contributed by atoms with E-state index in [1.807, 2.05) is 13.8 Å². The van der Waals surface area contributed by atoms with Gasteiger partial charge in [-0.2, -0.15) is 0 Å². The average molecular weight is 409 g/mol. The summed E-state index contributed by atoms with van der Waals surface area (Å²) in [5, 5.41) is 20.4. The second-order valence-corrected chi connectivity index (χ2v) is 9.95. The first-order valence-electron chi connectivity index (χ1n) is 11.7. The lowest BCUT2D eigenvalue weighted by molar-refractivity contribution is -0.262. The Hall–Kier alpha value is -0.910. The molecule has 9 atom stereocenters. The Morgan fingerprint density at radius 3 is 2.76 bits per heavy atom. The summed E-state index contributed by atoms with van der Waals surface area (Å²) in [6.07, 6.45) is 10.7. The molecule has 0 aromatic rings. The lowest BCUT2D eigenvalue weighted by atomic mass is 9.62. The molecule has 0 aromatic heterocycles. The lowest BCUT2D eigenvalue weighted by Crippen LogP contribution is -2.46. The molecule has 1 saturated heterocycles. The molecule has 3 aliphatic rings. The molecule has 1 saturated carbocycles. The third kappa shape index (κ3) is 5.62. The fraction of sp³-hybridized carbons (Fsp3) is 0.875. The van der Waals surface area contributed by atoms with Crippen LogP contribution in [0, 0.1) is 29.6 Å². The predicted octanol–water partition coefficient (Wildman–Crippen LogP) is 4.21. The molecular weight excluding hydrogens is 368 g/mol. The number of allylic oxidation sites excluding steroid dienone is 2. The van der Waals surface area contributed by atoms with E-state index in [2.05, 4.69) is 19.1 Å². The predicted molar refractivity (Wildman–Crippen MR) is 112 cm³/mol. The van der Waals surface area contributed by atoms with Gasteiger partial charge in [0, 0.05) is 12.3 Å². The summed E-state index contributed by atoms with van der Waals surface area (Å²) in [5.41, 5.74) is 0. The first-order chi connectivity index (χ1) is 13.7. The second kappa shape index (κ2) is 9.49. The Kier molecular flexibility index (Phi) is 7.45. The molecule has 2 aliphatic carbocycles. The smallest absolute Gasteiger partial charge is 0.308 e. The summed E-state index contributed by atoms with van der Waals surface area (Å²) in [6.45, 7) is 7.86. The summed E-state index contributed by atoms with van der Waals surface area (Å²) < 4.78 is 11.9. The topological polar surface area (TPSA) is 76.0 Å². The maximum Gasteiger partial charge on any atom is 0.308 e. The summed E-state index contributed by atoms with van der Waals surface area (Å²) in [6, 6.07) is 0. The van der Waals surface area contributed by atoms with Crippen molar-refractivity contribution in [3.8, 4) is 0 Å². The number of esters is 1. The van der Waals surface area contributed by atoms with E-state index in [1.165, 1.54) is 0 Å². The van der Waals surface area contributed by atoms with Gasteiger partial charge < -0.3 is 19.7 Å². The third-order valence-corrected chi connectivity index (χ3v) is 7.46. The zero-order valence-electron chi connectivity index (χ0n) is 18.5. The summed E-state index contributed by atoms with van der Waals surface area (Å²) >= 11 is 0. The van der Waals surface area contributed by atoms with Crippen LogP contribution in [0.4, 0.5) is 0 Å². The molecule has 1 aliphatic heterocycles. The summed E-state index contributed by atoms with van der Waals surface area (Å²) in [5.74, 6) is 0.313. The molecule has 9 unspecified atom stereocenters. The van der Waals surface area contributed by atoms with Gasteiger partial charge in [-0.3, -0.25) is 4.79 Å². The molecule has 1 heterocycles. The highest BCUT2D eigenvalue weighted by Crippen LogP contribution is 2.46. The Morgan fingerprint density at radius 1 is 1.31 bits per heavy atom. The first-order valence-corrected chi connectivity index (χ1v) is 11.7. The van der Waals surface area contributed by atoms with Crippen LogP contribution in [0.25, 0.3) is 0 Å². The highest BCUT2D eigenvalue weighted by atomic mass is 16.6. The average Bonchev–Trinajstić information content (AvgIpc) is 2.65. The van der Waals surface area contributed by atoms with E-state index in [0.29, 0.717) is 30.1 Å². The van der Waals surface area contributed by atoms with Crippen LogP contribution in [0.15, 0.2) is 12.2 Å². The van der Waals surface area contributed by atoms with E-state index < -0.39 is 11.9 Å². The molecular formula is C24H40O5. The molecule has 2 N–H and O–H groups in total. The van der Waals surface area contributed by atoms with Crippen molar-refractivity contribution in [3.63, 3.8) is 0 Å². The number of rotatable bonds is 6. The Labute approximate surface area is 175 Å². The first kappa shape index (κ1) is 22.8. The molecule has 0 bridgehead atoms. The number of aliphatic hydroxyl groups is 2. The number of hydrogen-bond acceptors (Lipinski definition) is 5. The number of aliphatic hydroxyl groups excluding tert-OH is 1. The van der Waals surface area contributed by atoms with Gasteiger partial charge in [0.05, 0.1) is 18.1 Å². The molecule has 0 amide bonds. The summed E-state index contributed by atoms with van der Waals surface area (Å²) in [4.78, 5) is 12.5. The molecule has 0 radical (unpaired) electrons. The van der Waals surface area contributed by atoms with E-state index >= 15 is 0 Å². The fourth-order valence-electron chi connectivity index (χ4n) is 5.70. The van der Waals surface area contributed by atoms with Gasteiger partial charge in [-0.25, -0.2) is 0 Å². The SMILES string of the molecule is CCC(C)C(=O)OC1CCCC2C=CC(C)C(CCC3CC(O)CC(C)(O)O3)C21. The maximum atomic E-state index is 12.5. The van der Waals surface area contributed by atoms with Crippen molar-refractivity contribution in [1.82, 2.24) is 0 Å². The van der Waals surface area contributed by atoms with Crippen molar-refractivity contribution in [2.45, 2.75) is 103 Å². The van der Waals surface area contributed by atoms with E-state index in [-0.39, 0.29) is 30.5 Å².